The van der Waals surface area contributed by atoms with E-state index in [4.69, 9.17) is 4.43 Å². The Hall–Kier alpha value is -0.523. The van der Waals surface area contributed by atoms with Crippen molar-refractivity contribution in [2.24, 2.45) is 5.41 Å². The second kappa shape index (κ2) is 8.81. The predicted octanol–water partition coefficient (Wildman–Crippen LogP) is 5.93. The van der Waals surface area contributed by atoms with E-state index in [1.54, 1.807) is 0 Å². The van der Waals surface area contributed by atoms with Crippen LogP contribution < -0.4 is 0 Å². The maximum absolute atomic E-state index is 6.53. The highest BCUT2D eigenvalue weighted by atomic mass is 28.4. The average molecular weight is 307 g/mol. The van der Waals surface area contributed by atoms with Crippen LogP contribution >= 0.6 is 0 Å². The first-order valence-electron chi connectivity index (χ1n) is 8.76. The Morgan fingerprint density at radius 2 is 1.90 bits per heavy atom. The fourth-order valence-corrected chi connectivity index (χ4v) is 4.07. The second-order valence-electron chi connectivity index (χ2n) is 7.40. The van der Waals surface area contributed by atoms with Gasteiger partial charge in [0.25, 0.3) is 0 Å². The summed E-state index contributed by atoms with van der Waals surface area (Å²) in [6, 6.07) is 0. The van der Waals surface area contributed by atoms with Crippen LogP contribution in [0, 0.1) is 17.3 Å². The number of rotatable bonds is 8. The van der Waals surface area contributed by atoms with Gasteiger partial charge in [-0.1, -0.05) is 45.0 Å². The summed E-state index contributed by atoms with van der Waals surface area (Å²) in [5.74, 6) is 6.39. The molecule has 21 heavy (non-hydrogen) atoms. The van der Waals surface area contributed by atoms with Crippen LogP contribution in [0.3, 0.4) is 0 Å². The molecule has 1 nitrogen and oxygen atoms in total. The van der Waals surface area contributed by atoms with Crippen molar-refractivity contribution in [3.05, 3.63) is 12.2 Å². The number of allylic oxidation sites excluding steroid dienone is 1. The number of unbranched alkanes of at least 4 members (excludes halogenated alkanes) is 2. The summed E-state index contributed by atoms with van der Waals surface area (Å²) < 4.78 is 6.53. The third-order valence-electron chi connectivity index (χ3n) is 4.29. The molecule has 0 heterocycles. The van der Waals surface area contributed by atoms with Gasteiger partial charge in [-0.05, 0) is 62.9 Å². The van der Waals surface area contributed by atoms with Gasteiger partial charge in [0.2, 0.25) is 0 Å². The van der Waals surface area contributed by atoms with Crippen LogP contribution in [0.1, 0.15) is 65.2 Å². The molecule has 0 radical (unpaired) electrons. The quantitative estimate of drug-likeness (QED) is 0.399. The molecule has 1 unspecified atom stereocenters. The standard InChI is InChI=1S/C19H34OSi/c1-6-8-10-11-12-14-18(20-21(3,4)5)19(15-9-7-2)16-13-17-19/h12,14,18H,6-9,13,15-17H2,1-5H3. The van der Waals surface area contributed by atoms with E-state index in [2.05, 4.69) is 51.4 Å². The molecule has 1 saturated carbocycles. The van der Waals surface area contributed by atoms with Crippen molar-refractivity contribution in [3.8, 4) is 11.8 Å². The molecule has 0 aromatic heterocycles. The first-order valence-corrected chi connectivity index (χ1v) is 12.2. The van der Waals surface area contributed by atoms with Crippen LogP contribution in [0.4, 0.5) is 0 Å². The van der Waals surface area contributed by atoms with Crippen LogP contribution in [0.25, 0.3) is 0 Å². The van der Waals surface area contributed by atoms with E-state index in [1.165, 1.54) is 38.5 Å². The molecule has 1 fully saturated rings. The van der Waals surface area contributed by atoms with Crippen molar-refractivity contribution < 1.29 is 4.43 Å². The van der Waals surface area contributed by atoms with Crippen molar-refractivity contribution >= 4 is 8.32 Å². The number of hydrogen-bond acceptors (Lipinski definition) is 1. The summed E-state index contributed by atoms with van der Waals surface area (Å²) in [4.78, 5) is 0. The number of hydrogen-bond donors (Lipinski definition) is 0. The minimum atomic E-state index is -1.53. The molecule has 0 spiro atoms. The fourth-order valence-electron chi connectivity index (χ4n) is 2.98. The molecule has 120 valence electrons. The minimum Gasteiger partial charge on any atom is -0.411 e. The molecule has 2 heteroatoms. The van der Waals surface area contributed by atoms with Crippen LogP contribution in [0.15, 0.2) is 12.2 Å². The largest absolute Gasteiger partial charge is 0.411 e. The van der Waals surface area contributed by atoms with Crippen LogP contribution in [0.2, 0.25) is 19.6 Å². The Labute approximate surface area is 133 Å². The average Bonchev–Trinajstić information content (AvgIpc) is 2.35. The molecule has 0 aromatic carbocycles. The minimum absolute atomic E-state index is 0.278. The first-order chi connectivity index (χ1) is 9.93. The van der Waals surface area contributed by atoms with Crippen molar-refractivity contribution in [1.29, 1.82) is 0 Å². The van der Waals surface area contributed by atoms with Gasteiger partial charge in [0.05, 0.1) is 6.10 Å². The maximum Gasteiger partial charge on any atom is 0.184 e. The van der Waals surface area contributed by atoms with Crippen LogP contribution in [-0.2, 0) is 4.43 Å². The molecule has 0 bridgehead atoms. The van der Waals surface area contributed by atoms with E-state index < -0.39 is 8.32 Å². The Kier molecular flexibility index (Phi) is 7.77. The van der Waals surface area contributed by atoms with Gasteiger partial charge in [0.1, 0.15) is 0 Å². The molecule has 1 rings (SSSR count). The van der Waals surface area contributed by atoms with E-state index in [0.29, 0.717) is 5.41 Å². The third kappa shape index (κ3) is 6.40. The molecular formula is C19H34OSi. The molecule has 0 N–H and O–H groups in total. The lowest BCUT2D eigenvalue weighted by Crippen LogP contribution is -2.46. The van der Waals surface area contributed by atoms with Gasteiger partial charge in [-0.3, -0.25) is 0 Å². The van der Waals surface area contributed by atoms with Crippen molar-refractivity contribution in [2.75, 3.05) is 0 Å². The summed E-state index contributed by atoms with van der Waals surface area (Å²) in [5, 5.41) is 0. The summed E-state index contributed by atoms with van der Waals surface area (Å²) in [7, 11) is -1.53. The zero-order valence-corrected chi connectivity index (χ0v) is 15.8. The Bertz CT molecular complexity index is 377. The Morgan fingerprint density at radius 1 is 1.19 bits per heavy atom. The van der Waals surface area contributed by atoms with E-state index in [0.717, 1.165) is 12.8 Å². The third-order valence-corrected chi connectivity index (χ3v) is 5.25. The van der Waals surface area contributed by atoms with Gasteiger partial charge in [-0.15, -0.1) is 0 Å². The van der Waals surface area contributed by atoms with Crippen molar-refractivity contribution in [2.45, 2.75) is 91.0 Å². The topological polar surface area (TPSA) is 9.23 Å². The fraction of sp³-hybridized carbons (Fsp3) is 0.789. The van der Waals surface area contributed by atoms with Gasteiger partial charge in [0, 0.05) is 6.42 Å². The SMILES string of the molecule is CCCC#CC=CC(O[Si](C)(C)C)C1(CCCC)CCC1. The van der Waals surface area contributed by atoms with Crippen LogP contribution in [-0.4, -0.2) is 14.4 Å². The molecular weight excluding hydrogens is 272 g/mol. The highest BCUT2D eigenvalue weighted by molar-refractivity contribution is 6.69. The van der Waals surface area contributed by atoms with Crippen LogP contribution in [0.5, 0.6) is 0 Å². The lowest BCUT2D eigenvalue weighted by Gasteiger charge is -2.48. The summed E-state index contributed by atoms with van der Waals surface area (Å²) in [6.45, 7) is 11.3. The summed E-state index contributed by atoms with van der Waals surface area (Å²) in [6.07, 6.45) is 14.6. The lowest BCUT2D eigenvalue weighted by molar-refractivity contribution is -0.00342. The van der Waals surface area contributed by atoms with Crippen molar-refractivity contribution in [1.82, 2.24) is 0 Å². The van der Waals surface area contributed by atoms with Gasteiger partial charge in [0.15, 0.2) is 8.32 Å². The lowest BCUT2D eigenvalue weighted by atomic mass is 9.62. The van der Waals surface area contributed by atoms with E-state index in [9.17, 15) is 0 Å². The zero-order chi connectivity index (χ0) is 15.8. The molecule has 1 aliphatic rings. The highest BCUT2D eigenvalue weighted by Gasteiger charge is 2.44. The normalized spacial score (nSPS) is 18.9. The molecule has 1 aliphatic carbocycles. The van der Waals surface area contributed by atoms with Gasteiger partial charge in [-0.25, -0.2) is 0 Å². The molecule has 0 amide bonds. The van der Waals surface area contributed by atoms with Gasteiger partial charge in [-0.2, -0.15) is 0 Å². The van der Waals surface area contributed by atoms with E-state index in [1.807, 2.05) is 6.08 Å². The second-order valence-corrected chi connectivity index (χ2v) is 11.9. The molecule has 0 saturated heterocycles. The van der Waals surface area contributed by atoms with Crippen molar-refractivity contribution in [3.63, 3.8) is 0 Å². The Morgan fingerprint density at radius 3 is 2.38 bits per heavy atom. The zero-order valence-electron chi connectivity index (χ0n) is 14.8. The maximum atomic E-state index is 6.53. The molecule has 0 aromatic rings. The monoisotopic (exact) mass is 306 g/mol. The first kappa shape index (κ1) is 18.5. The van der Waals surface area contributed by atoms with Gasteiger partial charge < -0.3 is 4.43 Å². The highest BCUT2D eigenvalue weighted by Crippen LogP contribution is 2.50. The molecule has 0 aliphatic heterocycles. The smallest absolute Gasteiger partial charge is 0.184 e. The van der Waals surface area contributed by atoms with E-state index in [-0.39, 0.29) is 6.10 Å². The summed E-state index contributed by atoms with van der Waals surface area (Å²) in [5.41, 5.74) is 0.402. The van der Waals surface area contributed by atoms with Gasteiger partial charge >= 0.3 is 0 Å². The summed E-state index contributed by atoms with van der Waals surface area (Å²) >= 11 is 0. The molecule has 1 atom stereocenters. The predicted molar refractivity (Wildman–Crippen MR) is 95.9 cm³/mol. The Balaban J connectivity index is 2.78. The van der Waals surface area contributed by atoms with E-state index >= 15 is 0 Å².